The van der Waals surface area contributed by atoms with Crippen molar-refractivity contribution in [1.82, 2.24) is 0 Å². The molecule has 1 atom stereocenters. The summed E-state index contributed by atoms with van der Waals surface area (Å²) in [6, 6.07) is 11.8. The van der Waals surface area contributed by atoms with Gasteiger partial charge in [0.2, 0.25) is 0 Å². The first-order chi connectivity index (χ1) is 9.51. The van der Waals surface area contributed by atoms with Gasteiger partial charge in [-0.1, -0.05) is 28.1 Å². The van der Waals surface area contributed by atoms with Crippen molar-refractivity contribution in [1.29, 1.82) is 0 Å². The van der Waals surface area contributed by atoms with Gasteiger partial charge in [-0.2, -0.15) is 0 Å². The van der Waals surface area contributed by atoms with E-state index in [1.807, 2.05) is 43.3 Å². The van der Waals surface area contributed by atoms with Crippen molar-refractivity contribution >= 4 is 31.9 Å². The van der Waals surface area contributed by atoms with Crippen LogP contribution >= 0.6 is 31.9 Å². The first kappa shape index (κ1) is 15.5. The maximum Gasteiger partial charge on any atom is 0.133 e. The summed E-state index contributed by atoms with van der Waals surface area (Å²) in [7, 11) is 1.64. The number of hydrogen-bond donors (Lipinski definition) is 1. The number of halogens is 2. The van der Waals surface area contributed by atoms with Crippen LogP contribution in [0.2, 0.25) is 0 Å². The number of ether oxygens (including phenoxy) is 1. The molecule has 0 spiro atoms. The number of hydrogen-bond acceptors (Lipinski definition) is 2. The fourth-order valence-electron chi connectivity index (χ4n) is 2.14. The van der Waals surface area contributed by atoms with E-state index in [4.69, 9.17) is 4.74 Å². The van der Waals surface area contributed by atoms with Gasteiger partial charge in [-0.15, -0.1) is 0 Å². The molecule has 0 radical (unpaired) electrons. The summed E-state index contributed by atoms with van der Waals surface area (Å²) in [6.45, 7) is 2.01. The second-order valence-corrected chi connectivity index (χ2v) is 6.46. The quantitative estimate of drug-likeness (QED) is 0.799. The third-order valence-electron chi connectivity index (χ3n) is 3.25. The van der Waals surface area contributed by atoms with E-state index in [1.54, 1.807) is 7.11 Å². The van der Waals surface area contributed by atoms with E-state index < -0.39 is 6.10 Å². The molecule has 0 fully saturated rings. The van der Waals surface area contributed by atoms with E-state index in [-0.39, 0.29) is 0 Å². The van der Waals surface area contributed by atoms with Crippen LogP contribution in [0, 0.1) is 6.92 Å². The van der Waals surface area contributed by atoms with Gasteiger partial charge in [-0.3, -0.25) is 0 Å². The van der Waals surface area contributed by atoms with E-state index in [0.717, 1.165) is 31.4 Å². The Kier molecular flexibility index (Phi) is 5.24. The standard InChI is InChI=1S/C16H16Br2O2/c1-10-3-5-12(17)9-13(10)15(19)8-11-4-6-16(20-2)14(18)7-11/h3-7,9,15,19H,8H2,1-2H3. The van der Waals surface area contributed by atoms with Gasteiger partial charge in [0.1, 0.15) is 5.75 Å². The van der Waals surface area contributed by atoms with Crippen molar-refractivity contribution in [3.63, 3.8) is 0 Å². The molecule has 0 aliphatic rings. The molecule has 0 bridgehead atoms. The van der Waals surface area contributed by atoms with Gasteiger partial charge in [0.05, 0.1) is 17.7 Å². The minimum atomic E-state index is -0.521. The highest BCUT2D eigenvalue weighted by Gasteiger charge is 2.13. The average Bonchev–Trinajstić information content (AvgIpc) is 2.41. The summed E-state index contributed by atoms with van der Waals surface area (Å²) >= 11 is 6.91. The molecule has 2 aromatic rings. The Morgan fingerprint density at radius 1 is 1.15 bits per heavy atom. The summed E-state index contributed by atoms with van der Waals surface area (Å²) in [5, 5.41) is 10.4. The molecule has 2 rings (SSSR count). The van der Waals surface area contributed by atoms with Crippen molar-refractivity contribution in [2.24, 2.45) is 0 Å². The molecular formula is C16H16Br2O2. The first-order valence-corrected chi connectivity index (χ1v) is 7.86. The van der Waals surface area contributed by atoms with Crippen LogP contribution in [-0.2, 0) is 6.42 Å². The molecule has 4 heteroatoms. The molecule has 1 N–H and O–H groups in total. The monoisotopic (exact) mass is 398 g/mol. The van der Waals surface area contributed by atoms with Crippen LogP contribution in [0.1, 0.15) is 22.8 Å². The highest BCUT2D eigenvalue weighted by atomic mass is 79.9. The molecule has 0 heterocycles. The third-order valence-corrected chi connectivity index (χ3v) is 4.36. The first-order valence-electron chi connectivity index (χ1n) is 6.28. The number of rotatable bonds is 4. The number of methoxy groups -OCH3 is 1. The fourth-order valence-corrected chi connectivity index (χ4v) is 3.11. The van der Waals surface area contributed by atoms with E-state index in [2.05, 4.69) is 31.9 Å². The molecule has 106 valence electrons. The Morgan fingerprint density at radius 2 is 1.90 bits per heavy atom. The molecule has 2 nitrogen and oxygen atoms in total. The van der Waals surface area contributed by atoms with Gasteiger partial charge in [-0.05, 0) is 63.8 Å². The van der Waals surface area contributed by atoms with Crippen LogP contribution in [0.4, 0.5) is 0 Å². The van der Waals surface area contributed by atoms with Crippen LogP contribution in [0.5, 0.6) is 5.75 Å². The molecule has 2 aromatic carbocycles. The lowest BCUT2D eigenvalue weighted by Crippen LogP contribution is -2.04. The highest BCUT2D eigenvalue weighted by molar-refractivity contribution is 9.10. The van der Waals surface area contributed by atoms with Crippen molar-refractivity contribution in [3.05, 3.63) is 62.0 Å². The Morgan fingerprint density at radius 3 is 2.55 bits per heavy atom. The van der Waals surface area contributed by atoms with Gasteiger partial charge < -0.3 is 9.84 Å². The van der Waals surface area contributed by atoms with Gasteiger partial charge in [0.15, 0.2) is 0 Å². The Hall–Kier alpha value is -0.840. The van der Waals surface area contributed by atoms with Crippen molar-refractivity contribution in [2.45, 2.75) is 19.4 Å². The van der Waals surface area contributed by atoms with Crippen LogP contribution in [0.15, 0.2) is 45.3 Å². The molecule has 20 heavy (non-hydrogen) atoms. The minimum absolute atomic E-state index is 0.521. The molecule has 0 aliphatic heterocycles. The van der Waals surface area contributed by atoms with Crippen LogP contribution < -0.4 is 4.74 Å². The molecule has 0 saturated carbocycles. The summed E-state index contributed by atoms with van der Waals surface area (Å²) < 4.78 is 7.09. The lowest BCUT2D eigenvalue weighted by atomic mass is 9.98. The average molecular weight is 400 g/mol. The topological polar surface area (TPSA) is 29.5 Å². The van der Waals surface area contributed by atoms with Crippen LogP contribution in [0.3, 0.4) is 0 Å². The molecule has 0 aromatic heterocycles. The number of aryl methyl sites for hydroxylation is 1. The Balaban J connectivity index is 2.21. The predicted molar refractivity (Wildman–Crippen MR) is 88.2 cm³/mol. The summed E-state index contributed by atoms with van der Waals surface area (Å²) in [5.74, 6) is 0.793. The Labute approximate surface area is 136 Å². The highest BCUT2D eigenvalue weighted by Crippen LogP contribution is 2.29. The maximum absolute atomic E-state index is 10.4. The van der Waals surface area contributed by atoms with Crippen molar-refractivity contribution < 1.29 is 9.84 Å². The number of aliphatic hydroxyl groups is 1. The van der Waals surface area contributed by atoms with E-state index in [0.29, 0.717) is 6.42 Å². The normalized spacial score (nSPS) is 12.2. The molecule has 1 unspecified atom stereocenters. The SMILES string of the molecule is COc1ccc(CC(O)c2cc(Br)ccc2C)cc1Br. The zero-order valence-corrected chi connectivity index (χ0v) is 14.5. The molecule has 0 saturated heterocycles. The van der Waals surface area contributed by atoms with Gasteiger partial charge in [-0.25, -0.2) is 0 Å². The second kappa shape index (κ2) is 6.74. The summed E-state index contributed by atoms with van der Waals surface area (Å²) in [6.07, 6.45) is 0.0488. The smallest absolute Gasteiger partial charge is 0.133 e. The molecular weight excluding hydrogens is 384 g/mol. The van der Waals surface area contributed by atoms with Gasteiger partial charge in [0.25, 0.3) is 0 Å². The largest absolute Gasteiger partial charge is 0.496 e. The van der Waals surface area contributed by atoms with Gasteiger partial charge in [0, 0.05) is 10.9 Å². The molecule has 0 aliphatic carbocycles. The van der Waals surface area contributed by atoms with Crippen LogP contribution in [0.25, 0.3) is 0 Å². The van der Waals surface area contributed by atoms with Crippen LogP contribution in [-0.4, -0.2) is 12.2 Å². The second-order valence-electron chi connectivity index (χ2n) is 4.69. The Bertz CT molecular complexity index is 611. The minimum Gasteiger partial charge on any atom is -0.496 e. The van der Waals surface area contributed by atoms with E-state index >= 15 is 0 Å². The van der Waals surface area contributed by atoms with E-state index in [9.17, 15) is 5.11 Å². The maximum atomic E-state index is 10.4. The summed E-state index contributed by atoms with van der Waals surface area (Å²) in [5.41, 5.74) is 3.10. The number of aliphatic hydroxyl groups excluding tert-OH is 1. The zero-order valence-electron chi connectivity index (χ0n) is 11.4. The lowest BCUT2D eigenvalue weighted by Gasteiger charge is -2.15. The summed E-state index contributed by atoms with van der Waals surface area (Å²) in [4.78, 5) is 0. The lowest BCUT2D eigenvalue weighted by molar-refractivity contribution is 0.177. The molecule has 0 amide bonds. The third kappa shape index (κ3) is 3.62. The predicted octanol–water partition coefficient (Wildman–Crippen LogP) is 4.80. The van der Waals surface area contributed by atoms with Crippen molar-refractivity contribution in [3.8, 4) is 5.75 Å². The fraction of sp³-hybridized carbons (Fsp3) is 0.250. The zero-order chi connectivity index (χ0) is 14.7. The van der Waals surface area contributed by atoms with Crippen molar-refractivity contribution in [2.75, 3.05) is 7.11 Å². The number of benzene rings is 2. The van der Waals surface area contributed by atoms with Gasteiger partial charge >= 0.3 is 0 Å². The van der Waals surface area contributed by atoms with E-state index in [1.165, 1.54) is 0 Å².